The first kappa shape index (κ1) is 17.4. The minimum atomic E-state index is -0.0595. The van der Waals surface area contributed by atoms with Gasteiger partial charge in [0.15, 0.2) is 0 Å². The molecule has 0 fully saturated rings. The number of carbonyl (C=O) groups excluding carboxylic acids is 1. The van der Waals surface area contributed by atoms with Crippen molar-refractivity contribution >= 4 is 23.3 Å². The standard InChI is InChI=1S/C22H19N3OS/c26-22(23-14-17-6-2-1-3-7-17)18-9-11-20(12-10-18)27-16-19-15-25-13-5-4-8-21(25)24-19/h1-13,15H,14,16H2,(H,23,26). The van der Waals surface area contributed by atoms with Crippen LogP contribution in [0, 0.1) is 0 Å². The summed E-state index contributed by atoms with van der Waals surface area (Å²) in [7, 11) is 0. The highest BCUT2D eigenvalue weighted by Crippen LogP contribution is 2.23. The Morgan fingerprint density at radius 2 is 1.74 bits per heavy atom. The van der Waals surface area contributed by atoms with Crippen molar-refractivity contribution in [2.75, 3.05) is 0 Å². The lowest BCUT2D eigenvalue weighted by Crippen LogP contribution is -2.22. The van der Waals surface area contributed by atoms with Crippen LogP contribution in [-0.2, 0) is 12.3 Å². The molecule has 0 atom stereocenters. The lowest BCUT2D eigenvalue weighted by molar-refractivity contribution is 0.0951. The molecule has 0 spiro atoms. The number of benzene rings is 2. The number of carbonyl (C=O) groups is 1. The van der Waals surface area contributed by atoms with Gasteiger partial charge in [-0.1, -0.05) is 36.4 Å². The topological polar surface area (TPSA) is 46.4 Å². The first-order valence-corrected chi connectivity index (χ1v) is 9.74. The highest BCUT2D eigenvalue weighted by molar-refractivity contribution is 7.98. The third kappa shape index (κ3) is 4.38. The molecule has 0 unspecified atom stereocenters. The molecule has 0 aliphatic carbocycles. The fourth-order valence-electron chi connectivity index (χ4n) is 2.80. The van der Waals surface area contributed by atoms with E-state index in [2.05, 4.69) is 10.3 Å². The maximum absolute atomic E-state index is 12.3. The number of aromatic nitrogens is 2. The van der Waals surface area contributed by atoms with Gasteiger partial charge < -0.3 is 9.72 Å². The second kappa shape index (κ2) is 8.10. The molecular formula is C22H19N3OS. The van der Waals surface area contributed by atoms with E-state index in [-0.39, 0.29) is 5.91 Å². The number of pyridine rings is 1. The van der Waals surface area contributed by atoms with Gasteiger partial charge >= 0.3 is 0 Å². The Morgan fingerprint density at radius 1 is 0.963 bits per heavy atom. The van der Waals surface area contributed by atoms with Crippen molar-refractivity contribution in [3.8, 4) is 0 Å². The maximum atomic E-state index is 12.3. The quantitative estimate of drug-likeness (QED) is 0.504. The van der Waals surface area contributed by atoms with Crippen LogP contribution in [-0.4, -0.2) is 15.3 Å². The minimum absolute atomic E-state index is 0.0595. The van der Waals surface area contributed by atoms with Crippen molar-refractivity contribution in [3.63, 3.8) is 0 Å². The molecule has 4 aromatic rings. The second-order valence-corrected chi connectivity index (χ2v) is 7.23. The summed E-state index contributed by atoms with van der Waals surface area (Å²) in [6.07, 6.45) is 4.05. The van der Waals surface area contributed by atoms with E-state index in [0.29, 0.717) is 12.1 Å². The summed E-state index contributed by atoms with van der Waals surface area (Å²) >= 11 is 1.71. The Bertz CT molecular complexity index is 1010. The minimum Gasteiger partial charge on any atom is -0.348 e. The number of amides is 1. The third-order valence-corrected chi connectivity index (χ3v) is 5.26. The lowest BCUT2D eigenvalue weighted by Gasteiger charge is -2.06. The smallest absolute Gasteiger partial charge is 0.251 e. The highest BCUT2D eigenvalue weighted by atomic mass is 32.2. The molecule has 1 amide bonds. The van der Waals surface area contributed by atoms with Crippen LogP contribution in [0.1, 0.15) is 21.6 Å². The SMILES string of the molecule is O=C(NCc1ccccc1)c1ccc(SCc2cn3ccccc3n2)cc1. The summed E-state index contributed by atoms with van der Waals surface area (Å²) in [4.78, 5) is 18.0. The number of nitrogens with zero attached hydrogens (tertiary/aromatic N) is 2. The summed E-state index contributed by atoms with van der Waals surface area (Å²) in [6, 6.07) is 23.6. The van der Waals surface area contributed by atoms with E-state index in [0.717, 1.165) is 27.6 Å². The van der Waals surface area contributed by atoms with E-state index < -0.39 is 0 Å². The Labute approximate surface area is 162 Å². The number of nitrogens with one attached hydrogen (secondary N) is 1. The van der Waals surface area contributed by atoms with Crippen molar-refractivity contribution in [2.45, 2.75) is 17.2 Å². The predicted octanol–water partition coefficient (Wildman–Crippen LogP) is 4.56. The molecule has 0 aliphatic heterocycles. The zero-order valence-corrected chi connectivity index (χ0v) is 15.5. The van der Waals surface area contributed by atoms with Gasteiger partial charge in [0.05, 0.1) is 5.69 Å². The number of hydrogen-bond donors (Lipinski definition) is 1. The van der Waals surface area contributed by atoms with E-state index in [1.165, 1.54) is 0 Å². The Hall–Kier alpha value is -3.05. The van der Waals surface area contributed by atoms with Gasteiger partial charge in [0.2, 0.25) is 0 Å². The molecule has 27 heavy (non-hydrogen) atoms. The summed E-state index contributed by atoms with van der Waals surface area (Å²) in [5, 5.41) is 2.95. The Morgan fingerprint density at radius 3 is 2.52 bits per heavy atom. The lowest BCUT2D eigenvalue weighted by atomic mass is 10.2. The molecule has 2 heterocycles. The molecule has 4 nitrogen and oxygen atoms in total. The monoisotopic (exact) mass is 373 g/mol. The van der Waals surface area contributed by atoms with Crippen LogP contribution in [0.2, 0.25) is 0 Å². The second-order valence-electron chi connectivity index (χ2n) is 6.18. The number of hydrogen-bond acceptors (Lipinski definition) is 3. The van der Waals surface area contributed by atoms with E-state index in [9.17, 15) is 4.79 Å². The molecule has 0 aliphatic rings. The fraction of sp³-hybridized carbons (Fsp3) is 0.0909. The van der Waals surface area contributed by atoms with E-state index in [1.807, 2.05) is 89.6 Å². The third-order valence-electron chi connectivity index (χ3n) is 4.21. The zero-order valence-electron chi connectivity index (χ0n) is 14.7. The molecule has 2 aromatic carbocycles. The van der Waals surface area contributed by atoms with Gasteiger partial charge in [-0.15, -0.1) is 11.8 Å². The van der Waals surface area contributed by atoms with Crippen LogP contribution in [0.4, 0.5) is 0 Å². The molecule has 2 aromatic heterocycles. The number of fused-ring (bicyclic) bond motifs is 1. The summed E-state index contributed by atoms with van der Waals surface area (Å²) < 4.78 is 2.02. The van der Waals surface area contributed by atoms with Gasteiger partial charge in [-0.2, -0.15) is 0 Å². The van der Waals surface area contributed by atoms with Crippen LogP contribution in [0.15, 0.2) is 90.1 Å². The van der Waals surface area contributed by atoms with Gasteiger partial charge in [0.25, 0.3) is 5.91 Å². The van der Waals surface area contributed by atoms with Crippen LogP contribution in [0.5, 0.6) is 0 Å². The molecule has 1 N–H and O–H groups in total. The normalized spacial score (nSPS) is 10.8. The number of rotatable bonds is 6. The molecule has 0 radical (unpaired) electrons. The average Bonchev–Trinajstić information content (AvgIpc) is 3.15. The molecule has 5 heteroatoms. The Kier molecular flexibility index (Phi) is 5.21. The average molecular weight is 373 g/mol. The molecule has 4 rings (SSSR count). The summed E-state index contributed by atoms with van der Waals surface area (Å²) in [5.74, 6) is 0.733. The van der Waals surface area contributed by atoms with Crippen LogP contribution in [0.25, 0.3) is 5.65 Å². The van der Waals surface area contributed by atoms with Gasteiger partial charge in [-0.3, -0.25) is 4.79 Å². The fourth-order valence-corrected chi connectivity index (χ4v) is 3.58. The van der Waals surface area contributed by atoms with E-state index >= 15 is 0 Å². The van der Waals surface area contributed by atoms with Crippen molar-refractivity contribution in [1.82, 2.24) is 14.7 Å². The van der Waals surface area contributed by atoms with Gasteiger partial charge in [-0.05, 0) is 42.0 Å². The van der Waals surface area contributed by atoms with Crippen molar-refractivity contribution < 1.29 is 4.79 Å². The molecule has 134 valence electrons. The highest BCUT2D eigenvalue weighted by Gasteiger charge is 2.06. The summed E-state index contributed by atoms with van der Waals surface area (Å²) in [5.41, 5.74) is 3.75. The van der Waals surface area contributed by atoms with Gasteiger partial charge in [0, 0.05) is 35.2 Å². The van der Waals surface area contributed by atoms with E-state index in [4.69, 9.17) is 0 Å². The number of imidazole rings is 1. The molecule has 0 bridgehead atoms. The van der Waals surface area contributed by atoms with Crippen LogP contribution >= 0.6 is 11.8 Å². The maximum Gasteiger partial charge on any atom is 0.251 e. The first-order valence-electron chi connectivity index (χ1n) is 8.75. The van der Waals surface area contributed by atoms with Crippen LogP contribution < -0.4 is 5.32 Å². The first-order chi connectivity index (χ1) is 13.3. The van der Waals surface area contributed by atoms with Crippen molar-refractivity contribution in [2.24, 2.45) is 0 Å². The molecule has 0 saturated carbocycles. The van der Waals surface area contributed by atoms with E-state index in [1.54, 1.807) is 11.8 Å². The van der Waals surface area contributed by atoms with Gasteiger partial charge in [0.1, 0.15) is 5.65 Å². The largest absolute Gasteiger partial charge is 0.348 e. The van der Waals surface area contributed by atoms with Crippen molar-refractivity contribution in [3.05, 3.63) is 102 Å². The Balaban J connectivity index is 1.33. The molecule has 0 saturated heterocycles. The predicted molar refractivity (Wildman–Crippen MR) is 109 cm³/mol. The number of thioether (sulfide) groups is 1. The van der Waals surface area contributed by atoms with Gasteiger partial charge in [-0.25, -0.2) is 4.98 Å². The summed E-state index contributed by atoms with van der Waals surface area (Å²) in [6.45, 7) is 0.532. The van der Waals surface area contributed by atoms with Crippen LogP contribution in [0.3, 0.4) is 0 Å². The molecular weight excluding hydrogens is 354 g/mol. The zero-order chi connectivity index (χ0) is 18.5. The van der Waals surface area contributed by atoms with Crippen molar-refractivity contribution in [1.29, 1.82) is 0 Å².